The molecule has 3 rings (SSSR count). The Balaban J connectivity index is 0.000000817. The lowest BCUT2D eigenvalue weighted by Crippen LogP contribution is -2.27. The van der Waals surface area contributed by atoms with Gasteiger partial charge in [-0.1, -0.05) is 12.1 Å². The van der Waals surface area contributed by atoms with E-state index in [2.05, 4.69) is 11.1 Å². The number of anilines is 2. The van der Waals surface area contributed by atoms with Gasteiger partial charge in [-0.3, -0.25) is 0 Å². The van der Waals surface area contributed by atoms with Crippen LogP contribution in [0.25, 0.3) is 10.9 Å². The number of fused-ring (bicyclic) bond motifs is 1. The number of aryl methyl sites for hydroxylation is 1. The molecule has 1 N–H and O–H groups in total. The second-order valence-corrected chi connectivity index (χ2v) is 6.09. The number of rotatable bonds is 3. The Kier molecular flexibility index (Phi) is 6.07. The molecule has 5 nitrogen and oxygen atoms in total. The number of H-pyrrole nitrogens is 1. The molecule has 2 aromatic carbocycles. The van der Waals surface area contributed by atoms with E-state index in [9.17, 15) is 8.78 Å². The van der Waals surface area contributed by atoms with E-state index in [1.807, 2.05) is 26.8 Å². The minimum Gasteiger partial charge on any atom is -0.341 e. The zero-order valence-corrected chi connectivity index (χ0v) is 15.0. The van der Waals surface area contributed by atoms with Crippen LogP contribution in [0.15, 0.2) is 36.4 Å². The molecule has 0 aliphatic rings. The first kappa shape index (κ1) is 19.8. The van der Waals surface area contributed by atoms with Crippen LogP contribution in [-0.2, 0) is 9.59 Å². The number of nitrogens with zero attached hydrogens (tertiary/aromatic N) is 2. The number of carbonyl (C=O) groups excluding carboxylic acids is 2. The average Bonchev–Trinajstić information content (AvgIpc) is 2.95. The van der Waals surface area contributed by atoms with Gasteiger partial charge in [-0.05, 0) is 50.6 Å². The summed E-state index contributed by atoms with van der Waals surface area (Å²) in [6, 6.07) is 11.5. The van der Waals surface area contributed by atoms with E-state index in [-0.39, 0.29) is 17.9 Å². The summed E-state index contributed by atoms with van der Waals surface area (Å²) in [5.74, 6) is -1.06. The van der Waals surface area contributed by atoms with Crippen molar-refractivity contribution < 1.29 is 18.4 Å². The molecular formula is C20H17F2N3O2. The molecule has 0 fully saturated rings. The van der Waals surface area contributed by atoms with Crippen molar-refractivity contribution >= 4 is 28.6 Å². The van der Waals surface area contributed by atoms with Crippen molar-refractivity contribution in [1.82, 2.24) is 4.98 Å². The summed E-state index contributed by atoms with van der Waals surface area (Å²) in [5, 5.41) is 10.0. The van der Waals surface area contributed by atoms with Gasteiger partial charge in [0.05, 0.1) is 17.3 Å². The van der Waals surface area contributed by atoms with Crippen LogP contribution in [0.4, 0.5) is 20.3 Å². The molecule has 0 amide bonds. The van der Waals surface area contributed by atoms with Crippen molar-refractivity contribution in [3.63, 3.8) is 0 Å². The van der Waals surface area contributed by atoms with Gasteiger partial charge in [0.25, 0.3) is 0 Å². The second kappa shape index (κ2) is 8.26. The van der Waals surface area contributed by atoms with Gasteiger partial charge in [0.15, 0.2) is 11.6 Å². The van der Waals surface area contributed by atoms with Crippen molar-refractivity contribution in [3.8, 4) is 6.07 Å². The van der Waals surface area contributed by atoms with Gasteiger partial charge in [0.2, 0.25) is 0 Å². The molecule has 0 radical (unpaired) electrons. The first-order chi connectivity index (χ1) is 12.8. The van der Waals surface area contributed by atoms with Crippen molar-refractivity contribution in [3.05, 3.63) is 59.2 Å². The van der Waals surface area contributed by atoms with E-state index >= 15 is 0 Å². The third-order valence-corrected chi connectivity index (χ3v) is 4.11. The van der Waals surface area contributed by atoms with Crippen LogP contribution in [0.1, 0.15) is 25.0 Å². The van der Waals surface area contributed by atoms with Crippen LogP contribution >= 0.6 is 0 Å². The predicted molar refractivity (Wildman–Crippen MR) is 96.4 cm³/mol. The first-order valence-electron chi connectivity index (χ1n) is 8.10. The number of hydrogen-bond donors (Lipinski definition) is 1. The van der Waals surface area contributed by atoms with Crippen LogP contribution in [0, 0.1) is 29.9 Å². The summed E-state index contributed by atoms with van der Waals surface area (Å²) in [6.45, 7) is 5.75. The van der Waals surface area contributed by atoms with Crippen molar-refractivity contribution in [2.24, 2.45) is 0 Å². The molecule has 0 aliphatic heterocycles. The second-order valence-electron chi connectivity index (χ2n) is 6.09. The summed E-state index contributed by atoms with van der Waals surface area (Å²) < 4.78 is 28.0. The van der Waals surface area contributed by atoms with Crippen LogP contribution in [0.3, 0.4) is 0 Å². The summed E-state index contributed by atoms with van der Waals surface area (Å²) >= 11 is 0. The number of aromatic nitrogens is 1. The van der Waals surface area contributed by atoms with E-state index < -0.39 is 11.6 Å². The number of halogens is 2. The smallest absolute Gasteiger partial charge is 0.341 e. The molecule has 0 bridgehead atoms. The highest BCUT2D eigenvalue weighted by Crippen LogP contribution is 2.36. The fourth-order valence-corrected chi connectivity index (χ4v) is 2.97. The summed E-state index contributed by atoms with van der Waals surface area (Å²) in [6.07, 6.45) is 0.250. The molecule has 138 valence electrons. The summed E-state index contributed by atoms with van der Waals surface area (Å²) in [5.41, 5.74) is 2.44. The molecule has 0 spiro atoms. The molecule has 0 atom stereocenters. The Morgan fingerprint density at radius 3 is 2.41 bits per heavy atom. The lowest BCUT2D eigenvalue weighted by atomic mass is 10.1. The zero-order valence-electron chi connectivity index (χ0n) is 15.0. The zero-order chi connectivity index (χ0) is 20.1. The van der Waals surface area contributed by atoms with Gasteiger partial charge in [-0.25, -0.2) is 8.78 Å². The fraction of sp³-hybridized carbons (Fsp3) is 0.200. The van der Waals surface area contributed by atoms with E-state index in [1.54, 1.807) is 23.1 Å². The molecule has 1 heterocycles. The highest BCUT2D eigenvalue weighted by molar-refractivity contribution is 5.91. The van der Waals surface area contributed by atoms with Gasteiger partial charge >= 0.3 is 6.15 Å². The third kappa shape index (κ3) is 3.86. The maximum atomic E-state index is 14.3. The Morgan fingerprint density at radius 2 is 1.81 bits per heavy atom. The number of hydrogen-bond acceptors (Lipinski definition) is 4. The van der Waals surface area contributed by atoms with E-state index in [4.69, 9.17) is 14.9 Å². The quantitative estimate of drug-likeness (QED) is 0.733. The van der Waals surface area contributed by atoms with Gasteiger partial charge in [-0.2, -0.15) is 14.9 Å². The third-order valence-electron chi connectivity index (χ3n) is 4.11. The molecule has 1 aromatic heterocycles. The summed E-state index contributed by atoms with van der Waals surface area (Å²) in [7, 11) is 0. The van der Waals surface area contributed by atoms with Gasteiger partial charge < -0.3 is 9.88 Å². The lowest BCUT2D eigenvalue weighted by molar-refractivity contribution is -0.191. The SMILES string of the molecule is Cc1c(N(c2cccc(F)c2F)C(C)C)[nH]c2cc(C#N)ccc12.O=C=O. The molecule has 0 saturated carbocycles. The Labute approximate surface area is 154 Å². The monoisotopic (exact) mass is 369 g/mol. The van der Waals surface area contributed by atoms with Crippen molar-refractivity contribution in [2.75, 3.05) is 4.90 Å². The van der Waals surface area contributed by atoms with Gasteiger partial charge in [0, 0.05) is 16.9 Å². The van der Waals surface area contributed by atoms with Crippen molar-refractivity contribution in [1.29, 1.82) is 5.26 Å². The van der Waals surface area contributed by atoms with Crippen LogP contribution < -0.4 is 4.90 Å². The van der Waals surface area contributed by atoms with Crippen molar-refractivity contribution in [2.45, 2.75) is 26.8 Å². The van der Waals surface area contributed by atoms with Gasteiger partial charge in [0.1, 0.15) is 5.82 Å². The average molecular weight is 369 g/mol. The predicted octanol–water partition coefficient (Wildman–Crippen LogP) is 4.59. The van der Waals surface area contributed by atoms with Crippen LogP contribution in [0.2, 0.25) is 0 Å². The molecule has 3 aromatic rings. The highest BCUT2D eigenvalue weighted by Gasteiger charge is 2.23. The molecule has 0 aliphatic carbocycles. The minimum absolute atomic E-state index is 0.0940. The molecule has 0 unspecified atom stereocenters. The lowest BCUT2D eigenvalue weighted by Gasteiger charge is -2.29. The Morgan fingerprint density at radius 1 is 1.15 bits per heavy atom. The molecular weight excluding hydrogens is 352 g/mol. The maximum Gasteiger partial charge on any atom is 0.373 e. The maximum absolute atomic E-state index is 14.3. The van der Waals surface area contributed by atoms with E-state index in [1.165, 1.54) is 6.07 Å². The van der Waals surface area contributed by atoms with Crippen LogP contribution in [-0.4, -0.2) is 17.2 Å². The van der Waals surface area contributed by atoms with Gasteiger partial charge in [-0.15, -0.1) is 0 Å². The topological polar surface area (TPSA) is 77.0 Å². The highest BCUT2D eigenvalue weighted by atomic mass is 19.2. The number of aromatic amines is 1. The number of benzene rings is 2. The van der Waals surface area contributed by atoms with Crippen LogP contribution in [0.5, 0.6) is 0 Å². The number of nitrogens with one attached hydrogen (secondary N) is 1. The molecule has 27 heavy (non-hydrogen) atoms. The fourth-order valence-electron chi connectivity index (χ4n) is 2.97. The van der Waals surface area contributed by atoms with E-state index in [0.29, 0.717) is 11.4 Å². The Hall–Kier alpha value is -3.49. The first-order valence-corrected chi connectivity index (χ1v) is 8.10. The van der Waals surface area contributed by atoms with E-state index in [0.717, 1.165) is 22.5 Å². The Bertz CT molecular complexity index is 1050. The molecule has 0 saturated heterocycles. The normalized spacial score (nSPS) is 10.1. The molecule has 7 heteroatoms. The summed E-state index contributed by atoms with van der Waals surface area (Å²) in [4.78, 5) is 21.2. The number of nitriles is 1. The minimum atomic E-state index is -0.876. The standard InChI is InChI=1S/C19H17F2N3.CO2/c1-11(2)24(17-6-4-5-15(20)18(17)21)19-12(3)14-8-7-13(10-22)9-16(14)23-19;2-1-3/h4-9,11,23H,1-3H3;. The largest absolute Gasteiger partial charge is 0.373 e.